The first-order valence-electron chi connectivity index (χ1n) is 11.8. The SMILES string of the molecule is O=C(CC1CC=CC1)NC1CCC(CCN2CCN(c3ccccc3F)CC2)CC1. The average Bonchev–Trinajstić information content (AvgIpc) is 3.27. The number of allylic oxidation sites excluding steroid dienone is 2. The third-order valence-electron chi connectivity index (χ3n) is 7.21. The lowest BCUT2D eigenvalue weighted by molar-refractivity contribution is -0.122. The van der Waals surface area contributed by atoms with Gasteiger partial charge in [-0.05, 0) is 75.5 Å². The van der Waals surface area contributed by atoms with Crippen molar-refractivity contribution in [2.45, 2.75) is 57.4 Å². The van der Waals surface area contributed by atoms with E-state index in [1.165, 1.54) is 19.3 Å². The van der Waals surface area contributed by atoms with Crippen molar-refractivity contribution in [1.29, 1.82) is 0 Å². The van der Waals surface area contributed by atoms with Gasteiger partial charge in [0.2, 0.25) is 5.91 Å². The summed E-state index contributed by atoms with van der Waals surface area (Å²) in [4.78, 5) is 17.0. The van der Waals surface area contributed by atoms with Crippen molar-refractivity contribution in [2.24, 2.45) is 11.8 Å². The van der Waals surface area contributed by atoms with E-state index in [0.29, 0.717) is 18.4 Å². The van der Waals surface area contributed by atoms with E-state index in [9.17, 15) is 9.18 Å². The summed E-state index contributed by atoms with van der Waals surface area (Å²) in [5, 5.41) is 3.28. The Hall–Kier alpha value is -1.88. The molecule has 0 bridgehead atoms. The lowest BCUT2D eigenvalue weighted by atomic mass is 9.84. The summed E-state index contributed by atoms with van der Waals surface area (Å²) >= 11 is 0. The molecule has 0 spiro atoms. The second-order valence-corrected chi connectivity index (χ2v) is 9.37. The van der Waals surface area contributed by atoms with Crippen LogP contribution in [-0.4, -0.2) is 49.6 Å². The molecule has 30 heavy (non-hydrogen) atoms. The van der Waals surface area contributed by atoms with Gasteiger partial charge in [-0.3, -0.25) is 9.69 Å². The first-order chi connectivity index (χ1) is 14.7. The Bertz CT molecular complexity index is 713. The fourth-order valence-corrected chi connectivity index (χ4v) is 5.27. The van der Waals surface area contributed by atoms with Crippen LogP contribution in [-0.2, 0) is 4.79 Å². The fourth-order valence-electron chi connectivity index (χ4n) is 5.27. The van der Waals surface area contributed by atoms with Crippen LogP contribution in [0.25, 0.3) is 0 Å². The topological polar surface area (TPSA) is 35.6 Å². The quantitative estimate of drug-likeness (QED) is 0.675. The number of nitrogens with one attached hydrogen (secondary N) is 1. The Morgan fingerprint density at radius 3 is 2.37 bits per heavy atom. The number of carbonyl (C=O) groups is 1. The van der Waals surface area contributed by atoms with Crippen molar-refractivity contribution in [1.82, 2.24) is 10.2 Å². The van der Waals surface area contributed by atoms with Gasteiger partial charge >= 0.3 is 0 Å². The molecule has 1 N–H and O–H groups in total. The molecule has 1 saturated carbocycles. The van der Waals surface area contributed by atoms with Crippen LogP contribution in [0.2, 0.25) is 0 Å². The molecule has 164 valence electrons. The molecule has 0 atom stereocenters. The van der Waals surface area contributed by atoms with Crippen LogP contribution in [0.1, 0.15) is 51.4 Å². The van der Waals surface area contributed by atoms with Gasteiger partial charge in [-0.2, -0.15) is 0 Å². The first kappa shape index (κ1) is 21.4. The molecule has 1 heterocycles. The molecular weight excluding hydrogens is 377 g/mol. The number of hydrogen-bond acceptors (Lipinski definition) is 3. The van der Waals surface area contributed by atoms with Gasteiger partial charge in [0.1, 0.15) is 5.82 Å². The maximum Gasteiger partial charge on any atom is 0.220 e. The normalized spacial score (nSPS) is 25.6. The highest BCUT2D eigenvalue weighted by atomic mass is 19.1. The number of rotatable bonds is 7. The van der Waals surface area contributed by atoms with Gasteiger partial charge in [-0.1, -0.05) is 24.3 Å². The number of benzene rings is 1. The highest BCUT2D eigenvalue weighted by Gasteiger charge is 2.25. The summed E-state index contributed by atoms with van der Waals surface area (Å²) in [5.41, 5.74) is 0.738. The predicted octanol–water partition coefficient (Wildman–Crippen LogP) is 4.37. The van der Waals surface area contributed by atoms with E-state index >= 15 is 0 Å². The van der Waals surface area contributed by atoms with Gasteiger partial charge < -0.3 is 10.2 Å². The molecule has 1 aliphatic heterocycles. The average molecular weight is 414 g/mol. The number of carbonyl (C=O) groups excluding carboxylic acids is 1. The number of nitrogens with zero attached hydrogens (tertiary/aromatic N) is 2. The molecular formula is C25H36FN3O. The van der Waals surface area contributed by atoms with Gasteiger partial charge in [-0.15, -0.1) is 0 Å². The van der Waals surface area contributed by atoms with Crippen LogP contribution in [0, 0.1) is 17.7 Å². The van der Waals surface area contributed by atoms with Crippen molar-refractivity contribution in [2.75, 3.05) is 37.6 Å². The van der Waals surface area contributed by atoms with E-state index in [1.807, 2.05) is 12.1 Å². The summed E-state index contributed by atoms with van der Waals surface area (Å²) in [5.74, 6) is 1.44. The second-order valence-electron chi connectivity index (χ2n) is 9.37. The third kappa shape index (κ3) is 5.84. The Kier molecular flexibility index (Phi) is 7.42. The number of amides is 1. The van der Waals surface area contributed by atoms with Gasteiger partial charge in [-0.25, -0.2) is 4.39 Å². The molecule has 3 aliphatic rings. The molecule has 5 heteroatoms. The molecule has 4 rings (SSSR count). The van der Waals surface area contributed by atoms with Crippen molar-refractivity contribution in [3.05, 3.63) is 42.2 Å². The predicted molar refractivity (Wildman–Crippen MR) is 120 cm³/mol. The Balaban J connectivity index is 1.10. The summed E-state index contributed by atoms with van der Waals surface area (Å²) in [6.45, 7) is 4.96. The molecule has 0 unspecified atom stereocenters. The molecule has 1 aromatic carbocycles. The van der Waals surface area contributed by atoms with E-state index in [0.717, 1.165) is 70.0 Å². The minimum Gasteiger partial charge on any atom is -0.367 e. The highest BCUT2D eigenvalue weighted by molar-refractivity contribution is 5.76. The van der Waals surface area contributed by atoms with Crippen LogP contribution >= 0.6 is 0 Å². The molecule has 4 nitrogen and oxygen atoms in total. The number of para-hydroxylation sites is 1. The fraction of sp³-hybridized carbons (Fsp3) is 0.640. The Labute approximate surface area is 180 Å². The molecule has 1 aromatic rings. The maximum atomic E-state index is 14.0. The molecule has 0 aromatic heterocycles. The van der Waals surface area contributed by atoms with Crippen LogP contribution in [0.4, 0.5) is 10.1 Å². The van der Waals surface area contributed by atoms with Crippen molar-refractivity contribution in [3.63, 3.8) is 0 Å². The smallest absolute Gasteiger partial charge is 0.220 e. The van der Waals surface area contributed by atoms with E-state index < -0.39 is 0 Å². The van der Waals surface area contributed by atoms with Gasteiger partial charge in [0.05, 0.1) is 5.69 Å². The molecule has 1 saturated heterocycles. The number of hydrogen-bond donors (Lipinski definition) is 1. The van der Waals surface area contributed by atoms with Crippen molar-refractivity contribution in [3.8, 4) is 0 Å². The second kappa shape index (κ2) is 10.4. The van der Waals surface area contributed by atoms with Crippen LogP contribution in [0.15, 0.2) is 36.4 Å². The zero-order chi connectivity index (χ0) is 20.8. The Morgan fingerprint density at radius 1 is 0.967 bits per heavy atom. The summed E-state index contributed by atoms with van der Waals surface area (Å²) in [6, 6.07) is 7.48. The molecule has 2 aliphatic carbocycles. The number of anilines is 1. The number of halogens is 1. The maximum absolute atomic E-state index is 14.0. The zero-order valence-corrected chi connectivity index (χ0v) is 18.1. The monoisotopic (exact) mass is 413 g/mol. The summed E-state index contributed by atoms with van der Waals surface area (Å²) < 4.78 is 14.0. The lowest BCUT2D eigenvalue weighted by Gasteiger charge is -2.37. The van der Waals surface area contributed by atoms with E-state index in [4.69, 9.17) is 0 Å². The molecule has 2 fully saturated rings. The van der Waals surface area contributed by atoms with E-state index in [2.05, 4.69) is 27.3 Å². The molecule has 1 amide bonds. The van der Waals surface area contributed by atoms with Gasteiger partial charge in [0.15, 0.2) is 0 Å². The first-order valence-corrected chi connectivity index (χ1v) is 11.8. The standard InChI is InChI=1S/C25H36FN3O/c26-23-7-3-4-8-24(23)29-17-15-28(16-18-29)14-13-20-9-11-22(12-10-20)27-25(30)19-21-5-1-2-6-21/h1-4,7-8,20-22H,5-6,9-19H2,(H,27,30). The van der Waals surface area contributed by atoms with Crippen LogP contribution in [0.5, 0.6) is 0 Å². The van der Waals surface area contributed by atoms with Crippen molar-refractivity contribution >= 4 is 11.6 Å². The zero-order valence-electron chi connectivity index (χ0n) is 18.1. The molecule has 0 radical (unpaired) electrons. The van der Waals surface area contributed by atoms with Gasteiger partial charge in [0, 0.05) is 38.6 Å². The number of piperazine rings is 1. The van der Waals surface area contributed by atoms with E-state index in [-0.39, 0.29) is 11.7 Å². The van der Waals surface area contributed by atoms with Crippen molar-refractivity contribution < 1.29 is 9.18 Å². The minimum absolute atomic E-state index is 0.116. The van der Waals surface area contributed by atoms with Crippen LogP contribution in [0.3, 0.4) is 0 Å². The summed E-state index contributed by atoms with van der Waals surface area (Å²) in [7, 11) is 0. The minimum atomic E-state index is -0.116. The summed E-state index contributed by atoms with van der Waals surface area (Å²) in [6.07, 6.45) is 13.2. The Morgan fingerprint density at radius 2 is 1.67 bits per heavy atom. The van der Waals surface area contributed by atoms with Gasteiger partial charge in [0.25, 0.3) is 0 Å². The highest BCUT2D eigenvalue weighted by Crippen LogP contribution is 2.28. The third-order valence-corrected chi connectivity index (χ3v) is 7.21. The largest absolute Gasteiger partial charge is 0.367 e. The van der Waals surface area contributed by atoms with E-state index in [1.54, 1.807) is 12.1 Å². The lowest BCUT2D eigenvalue weighted by Crippen LogP contribution is -2.47. The van der Waals surface area contributed by atoms with Crippen LogP contribution < -0.4 is 10.2 Å².